The summed E-state index contributed by atoms with van der Waals surface area (Å²) in [5.41, 5.74) is 2.59. The number of benzene rings is 1. The summed E-state index contributed by atoms with van der Waals surface area (Å²) in [7, 11) is 0. The zero-order chi connectivity index (χ0) is 14.2. The van der Waals surface area contributed by atoms with Gasteiger partial charge < -0.3 is 9.47 Å². The highest BCUT2D eigenvalue weighted by molar-refractivity contribution is 6.20. The van der Waals surface area contributed by atoms with Crippen molar-refractivity contribution in [3.8, 4) is 5.75 Å². The summed E-state index contributed by atoms with van der Waals surface area (Å²) in [5, 5.41) is 0.0703. The number of halogens is 1. The summed E-state index contributed by atoms with van der Waals surface area (Å²) >= 11 is 6.58. The topological polar surface area (TPSA) is 18.5 Å². The summed E-state index contributed by atoms with van der Waals surface area (Å²) in [6, 6.07) is 6.41. The average molecular weight is 295 g/mol. The van der Waals surface area contributed by atoms with Crippen molar-refractivity contribution in [2.24, 2.45) is 0 Å². The molecule has 2 unspecified atom stereocenters. The molecule has 1 aromatic rings. The van der Waals surface area contributed by atoms with Crippen molar-refractivity contribution < 1.29 is 9.47 Å². The van der Waals surface area contributed by atoms with Crippen LogP contribution >= 0.6 is 11.6 Å². The van der Waals surface area contributed by atoms with E-state index in [1.165, 1.54) is 24.0 Å². The first-order valence-electron chi connectivity index (χ1n) is 7.59. The second-order valence-electron chi connectivity index (χ2n) is 6.61. The first kappa shape index (κ1) is 14.2. The van der Waals surface area contributed by atoms with E-state index in [0.717, 1.165) is 31.8 Å². The lowest BCUT2D eigenvalue weighted by molar-refractivity contribution is 0.102. The molecule has 2 aliphatic heterocycles. The molecule has 0 amide bonds. The van der Waals surface area contributed by atoms with Gasteiger partial charge in [-0.2, -0.15) is 0 Å². The molecule has 3 rings (SSSR count). The number of alkyl halides is 1. The fraction of sp³-hybridized carbons (Fsp3) is 0.647. The Balaban J connectivity index is 1.67. The fourth-order valence-electron chi connectivity index (χ4n) is 3.10. The van der Waals surface area contributed by atoms with E-state index in [2.05, 4.69) is 32.0 Å². The van der Waals surface area contributed by atoms with E-state index in [1.54, 1.807) is 0 Å². The van der Waals surface area contributed by atoms with Gasteiger partial charge in [0.15, 0.2) is 0 Å². The number of fused-ring (bicyclic) bond motifs is 1. The largest absolute Gasteiger partial charge is 0.492 e. The van der Waals surface area contributed by atoms with Crippen LogP contribution in [-0.4, -0.2) is 19.3 Å². The van der Waals surface area contributed by atoms with E-state index < -0.39 is 0 Å². The van der Waals surface area contributed by atoms with Gasteiger partial charge in [0.2, 0.25) is 0 Å². The molecule has 2 atom stereocenters. The van der Waals surface area contributed by atoms with E-state index in [0.29, 0.717) is 6.10 Å². The molecule has 110 valence electrons. The average Bonchev–Trinajstić information content (AvgIpc) is 3.04. The highest BCUT2D eigenvalue weighted by Gasteiger charge is 2.32. The van der Waals surface area contributed by atoms with E-state index >= 15 is 0 Å². The molecule has 1 saturated heterocycles. The Bertz CT molecular complexity index is 478. The van der Waals surface area contributed by atoms with Crippen LogP contribution in [0.15, 0.2) is 18.2 Å². The quantitative estimate of drug-likeness (QED) is 0.756. The number of hydrogen-bond acceptors (Lipinski definition) is 2. The van der Waals surface area contributed by atoms with Gasteiger partial charge in [0, 0.05) is 17.6 Å². The predicted molar refractivity (Wildman–Crippen MR) is 81.8 cm³/mol. The molecule has 2 heterocycles. The summed E-state index contributed by atoms with van der Waals surface area (Å²) in [6.45, 7) is 6.12. The van der Waals surface area contributed by atoms with Crippen LogP contribution in [0.3, 0.4) is 0 Å². The van der Waals surface area contributed by atoms with Crippen molar-refractivity contribution in [1.29, 1.82) is 0 Å². The minimum atomic E-state index is 0.0703. The fourth-order valence-corrected chi connectivity index (χ4v) is 3.37. The van der Waals surface area contributed by atoms with Crippen LogP contribution in [-0.2, 0) is 10.2 Å². The lowest BCUT2D eigenvalue weighted by atomic mass is 9.85. The van der Waals surface area contributed by atoms with Gasteiger partial charge in [-0.05, 0) is 43.4 Å². The molecule has 0 bridgehead atoms. The van der Waals surface area contributed by atoms with Crippen LogP contribution in [0.5, 0.6) is 5.75 Å². The SMILES string of the molecule is CC1(C)COc2ccc(C(Cl)CCC3CCCO3)cc21. The highest BCUT2D eigenvalue weighted by atomic mass is 35.5. The Morgan fingerprint density at radius 3 is 3.00 bits per heavy atom. The van der Waals surface area contributed by atoms with Gasteiger partial charge in [-0.3, -0.25) is 0 Å². The van der Waals surface area contributed by atoms with E-state index in [-0.39, 0.29) is 10.8 Å². The van der Waals surface area contributed by atoms with Crippen molar-refractivity contribution in [3.63, 3.8) is 0 Å². The van der Waals surface area contributed by atoms with Crippen LogP contribution in [0.2, 0.25) is 0 Å². The van der Waals surface area contributed by atoms with Crippen LogP contribution in [0.4, 0.5) is 0 Å². The molecule has 2 nitrogen and oxygen atoms in total. The molecule has 0 aromatic heterocycles. The standard InChI is InChI=1S/C17H23ClO2/c1-17(2)11-20-16-8-5-12(10-14(16)17)15(18)7-6-13-4-3-9-19-13/h5,8,10,13,15H,3-4,6-7,9,11H2,1-2H3. The summed E-state index contributed by atoms with van der Waals surface area (Å²) in [4.78, 5) is 0. The van der Waals surface area contributed by atoms with Gasteiger partial charge in [0.05, 0.1) is 18.1 Å². The third-order valence-electron chi connectivity index (χ3n) is 4.45. The maximum Gasteiger partial charge on any atom is 0.123 e. The van der Waals surface area contributed by atoms with Gasteiger partial charge in [-0.15, -0.1) is 11.6 Å². The number of hydrogen-bond donors (Lipinski definition) is 0. The summed E-state index contributed by atoms with van der Waals surface area (Å²) < 4.78 is 11.4. The minimum Gasteiger partial charge on any atom is -0.492 e. The lowest BCUT2D eigenvalue weighted by Crippen LogP contribution is -2.18. The normalized spacial score (nSPS) is 25.2. The van der Waals surface area contributed by atoms with Gasteiger partial charge >= 0.3 is 0 Å². The summed E-state index contributed by atoms with van der Waals surface area (Å²) in [5.74, 6) is 1.02. The van der Waals surface area contributed by atoms with Crippen molar-refractivity contribution in [2.45, 2.75) is 56.4 Å². The lowest BCUT2D eigenvalue weighted by Gasteiger charge is -2.18. The zero-order valence-electron chi connectivity index (χ0n) is 12.3. The van der Waals surface area contributed by atoms with Crippen LogP contribution in [0.1, 0.15) is 56.0 Å². The summed E-state index contributed by atoms with van der Waals surface area (Å²) in [6.07, 6.45) is 4.85. The Morgan fingerprint density at radius 1 is 1.40 bits per heavy atom. The Kier molecular flexibility index (Phi) is 3.96. The van der Waals surface area contributed by atoms with Gasteiger partial charge in [-0.1, -0.05) is 19.9 Å². The van der Waals surface area contributed by atoms with Gasteiger partial charge in [0.25, 0.3) is 0 Å². The Labute approximate surface area is 126 Å². The molecular formula is C17H23ClO2. The van der Waals surface area contributed by atoms with Crippen LogP contribution in [0, 0.1) is 0 Å². The molecule has 0 aliphatic carbocycles. The van der Waals surface area contributed by atoms with Crippen LogP contribution < -0.4 is 4.74 Å². The first-order valence-corrected chi connectivity index (χ1v) is 8.03. The van der Waals surface area contributed by atoms with E-state index in [9.17, 15) is 0 Å². The van der Waals surface area contributed by atoms with Crippen molar-refractivity contribution in [2.75, 3.05) is 13.2 Å². The molecular weight excluding hydrogens is 272 g/mol. The monoisotopic (exact) mass is 294 g/mol. The zero-order valence-corrected chi connectivity index (χ0v) is 13.1. The second-order valence-corrected chi connectivity index (χ2v) is 7.13. The molecule has 1 fully saturated rings. The van der Waals surface area contributed by atoms with E-state index in [4.69, 9.17) is 21.1 Å². The molecule has 2 aliphatic rings. The molecule has 3 heteroatoms. The molecule has 0 saturated carbocycles. The predicted octanol–water partition coefficient (Wildman–Crippen LogP) is 4.60. The Morgan fingerprint density at radius 2 is 2.25 bits per heavy atom. The number of ether oxygens (including phenoxy) is 2. The highest BCUT2D eigenvalue weighted by Crippen LogP contribution is 2.41. The Hall–Kier alpha value is -0.730. The number of rotatable bonds is 4. The second kappa shape index (κ2) is 5.57. The minimum absolute atomic E-state index is 0.0703. The van der Waals surface area contributed by atoms with E-state index in [1.807, 2.05) is 0 Å². The molecule has 0 radical (unpaired) electrons. The van der Waals surface area contributed by atoms with Crippen LogP contribution in [0.25, 0.3) is 0 Å². The maximum absolute atomic E-state index is 6.58. The smallest absolute Gasteiger partial charge is 0.123 e. The molecule has 1 aromatic carbocycles. The molecule has 20 heavy (non-hydrogen) atoms. The van der Waals surface area contributed by atoms with Crippen molar-refractivity contribution >= 4 is 11.6 Å². The molecule has 0 N–H and O–H groups in total. The molecule has 0 spiro atoms. The van der Waals surface area contributed by atoms with Crippen molar-refractivity contribution in [1.82, 2.24) is 0 Å². The van der Waals surface area contributed by atoms with Crippen molar-refractivity contribution in [3.05, 3.63) is 29.3 Å². The third kappa shape index (κ3) is 2.82. The maximum atomic E-state index is 6.58. The first-order chi connectivity index (χ1) is 9.56. The van der Waals surface area contributed by atoms with Gasteiger partial charge in [0.1, 0.15) is 5.75 Å². The van der Waals surface area contributed by atoms with Gasteiger partial charge in [-0.25, -0.2) is 0 Å². The third-order valence-corrected chi connectivity index (χ3v) is 4.92.